The lowest BCUT2D eigenvalue weighted by Gasteiger charge is -2.02. The third-order valence-electron chi connectivity index (χ3n) is 2.34. The molecule has 0 aliphatic heterocycles. The Hall–Kier alpha value is -1.19. The number of rotatable bonds is 5. The minimum absolute atomic E-state index is 0.773. The fourth-order valence-electron chi connectivity index (χ4n) is 1.49. The molecular weight excluding hydrogens is 218 g/mol. The highest BCUT2D eigenvalue weighted by atomic mass is 32.2. The molecule has 1 N–H and O–H groups in total. The largest absolute Gasteiger partial charge is 0.467 e. The molecule has 0 fully saturated rings. The highest BCUT2D eigenvalue weighted by Crippen LogP contribution is 2.17. The van der Waals surface area contributed by atoms with E-state index in [4.69, 9.17) is 4.42 Å². The van der Waals surface area contributed by atoms with E-state index in [1.54, 1.807) is 18.0 Å². The maximum Gasteiger partial charge on any atom is 0.118 e. The Morgan fingerprint density at radius 3 is 2.69 bits per heavy atom. The fraction of sp³-hybridized carbons (Fsp3) is 0.231. The Bertz CT molecular complexity index is 425. The van der Waals surface area contributed by atoms with Crippen molar-refractivity contribution in [2.24, 2.45) is 0 Å². The second-order valence-electron chi connectivity index (χ2n) is 3.54. The molecule has 2 rings (SSSR count). The Labute approximate surface area is 100 Å². The average Bonchev–Trinajstić information content (AvgIpc) is 2.78. The number of furan rings is 1. The van der Waals surface area contributed by atoms with Crippen molar-refractivity contribution < 1.29 is 4.42 Å². The molecule has 84 valence electrons. The van der Waals surface area contributed by atoms with Gasteiger partial charge < -0.3 is 9.73 Å². The van der Waals surface area contributed by atoms with E-state index < -0.39 is 0 Å². The van der Waals surface area contributed by atoms with Gasteiger partial charge >= 0.3 is 0 Å². The molecule has 3 heteroatoms. The van der Waals surface area contributed by atoms with Crippen LogP contribution in [0.25, 0.3) is 0 Å². The predicted octanol–water partition coefficient (Wildman–Crippen LogP) is 3.29. The summed E-state index contributed by atoms with van der Waals surface area (Å²) >= 11 is 1.70. The van der Waals surface area contributed by atoms with Gasteiger partial charge in [-0.1, -0.05) is 30.3 Å². The molecule has 1 heterocycles. The average molecular weight is 233 g/mol. The molecule has 2 nitrogen and oxygen atoms in total. The van der Waals surface area contributed by atoms with Crippen LogP contribution in [0.5, 0.6) is 0 Å². The third-order valence-corrected chi connectivity index (χ3v) is 3.02. The number of hydrogen-bond acceptors (Lipinski definition) is 3. The molecule has 0 amide bonds. The van der Waals surface area contributed by atoms with Crippen LogP contribution in [0.15, 0.2) is 52.0 Å². The first-order valence-corrected chi connectivity index (χ1v) is 6.47. The molecule has 0 saturated heterocycles. The fourth-order valence-corrected chi connectivity index (χ4v) is 1.88. The smallest absolute Gasteiger partial charge is 0.118 e. The molecule has 0 atom stereocenters. The van der Waals surface area contributed by atoms with E-state index in [1.807, 2.05) is 12.3 Å². The molecule has 0 unspecified atom stereocenters. The molecule has 0 bridgehead atoms. The maximum absolute atomic E-state index is 5.41. The molecular formula is C13H15NOS. The van der Waals surface area contributed by atoms with Crippen LogP contribution in [0.1, 0.15) is 11.3 Å². The number of benzene rings is 1. The minimum Gasteiger partial charge on any atom is -0.467 e. The second-order valence-corrected chi connectivity index (χ2v) is 4.42. The van der Waals surface area contributed by atoms with Gasteiger partial charge in [0.05, 0.1) is 6.54 Å². The first-order valence-electron chi connectivity index (χ1n) is 5.24. The minimum atomic E-state index is 0.773. The van der Waals surface area contributed by atoms with Crippen molar-refractivity contribution in [3.63, 3.8) is 0 Å². The van der Waals surface area contributed by atoms with Gasteiger partial charge in [-0.05, 0) is 17.9 Å². The van der Waals surface area contributed by atoms with Gasteiger partial charge in [-0.3, -0.25) is 0 Å². The van der Waals surface area contributed by atoms with E-state index in [2.05, 4.69) is 35.6 Å². The van der Waals surface area contributed by atoms with E-state index in [9.17, 15) is 0 Å². The van der Waals surface area contributed by atoms with Crippen LogP contribution in [0.4, 0.5) is 0 Å². The summed E-state index contributed by atoms with van der Waals surface area (Å²) in [6, 6.07) is 12.4. The van der Waals surface area contributed by atoms with Gasteiger partial charge in [0.2, 0.25) is 0 Å². The SMILES string of the molecule is CSc1coc(CNCc2ccccc2)c1. The van der Waals surface area contributed by atoms with Crippen LogP contribution in [0.2, 0.25) is 0 Å². The van der Waals surface area contributed by atoms with E-state index in [0.717, 1.165) is 18.8 Å². The summed E-state index contributed by atoms with van der Waals surface area (Å²) in [6.07, 6.45) is 3.84. The Morgan fingerprint density at radius 1 is 1.19 bits per heavy atom. The molecule has 0 aliphatic carbocycles. The zero-order chi connectivity index (χ0) is 11.2. The van der Waals surface area contributed by atoms with Crippen LogP contribution < -0.4 is 5.32 Å². The van der Waals surface area contributed by atoms with Crippen LogP contribution in [-0.2, 0) is 13.1 Å². The van der Waals surface area contributed by atoms with Gasteiger partial charge in [0, 0.05) is 11.4 Å². The quantitative estimate of drug-likeness (QED) is 0.802. The van der Waals surface area contributed by atoms with Gasteiger partial charge in [0.1, 0.15) is 12.0 Å². The molecule has 16 heavy (non-hydrogen) atoms. The second kappa shape index (κ2) is 5.77. The van der Waals surface area contributed by atoms with Crippen molar-refractivity contribution >= 4 is 11.8 Å². The van der Waals surface area contributed by atoms with Crippen molar-refractivity contribution in [3.8, 4) is 0 Å². The Balaban J connectivity index is 1.80. The van der Waals surface area contributed by atoms with Gasteiger partial charge in [0.25, 0.3) is 0 Å². The van der Waals surface area contributed by atoms with Crippen molar-refractivity contribution in [1.82, 2.24) is 5.32 Å². The standard InChI is InChI=1S/C13H15NOS/c1-16-13-7-12(15-10-13)9-14-8-11-5-3-2-4-6-11/h2-7,10,14H,8-9H2,1H3. The molecule has 0 radical (unpaired) electrons. The van der Waals surface area contributed by atoms with Crippen molar-refractivity contribution in [2.45, 2.75) is 18.0 Å². The maximum atomic E-state index is 5.41. The van der Waals surface area contributed by atoms with E-state index in [1.165, 1.54) is 10.5 Å². The summed E-state index contributed by atoms with van der Waals surface area (Å²) in [6.45, 7) is 1.64. The Kier molecular flexibility index (Phi) is 4.08. The van der Waals surface area contributed by atoms with E-state index >= 15 is 0 Å². The first kappa shape index (κ1) is 11.3. The highest BCUT2D eigenvalue weighted by Gasteiger charge is 2.00. The topological polar surface area (TPSA) is 25.2 Å². The number of nitrogens with one attached hydrogen (secondary N) is 1. The molecule has 0 aliphatic rings. The molecule has 0 spiro atoms. The molecule has 1 aromatic heterocycles. The predicted molar refractivity (Wildman–Crippen MR) is 67.5 cm³/mol. The van der Waals surface area contributed by atoms with Crippen molar-refractivity contribution in [1.29, 1.82) is 0 Å². The summed E-state index contributed by atoms with van der Waals surface area (Å²) < 4.78 is 5.41. The zero-order valence-electron chi connectivity index (χ0n) is 9.27. The molecule has 2 aromatic rings. The van der Waals surface area contributed by atoms with Crippen LogP contribution >= 0.6 is 11.8 Å². The van der Waals surface area contributed by atoms with E-state index in [0.29, 0.717) is 0 Å². The summed E-state index contributed by atoms with van der Waals surface area (Å²) in [4.78, 5) is 1.18. The van der Waals surface area contributed by atoms with Crippen LogP contribution in [0.3, 0.4) is 0 Å². The third kappa shape index (κ3) is 3.15. The summed E-state index contributed by atoms with van der Waals surface area (Å²) in [5.41, 5.74) is 1.29. The molecule has 0 saturated carbocycles. The van der Waals surface area contributed by atoms with Gasteiger partial charge in [-0.2, -0.15) is 0 Å². The van der Waals surface area contributed by atoms with Crippen LogP contribution in [0, 0.1) is 0 Å². The lowest BCUT2D eigenvalue weighted by atomic mass is 10.2. The lowest BCUT2D eigenvalue weighted by Crippen LogP contribution is -2.11. The number of thioether (sulfide) groups is 1. The highest BCUT2D eigenvalue weighted by molar-refractivity contribution is 7.98. The Morgan fingerprint density at radius 2 is 2.00 bits per heavy atom. The van der Waals surface area contributed by atoms with Gasteiger partial charge in [-0.15, -0.1) is 11.8 Å². The normalized spacial score (nSPS) is 10.6. The van der Waals surface area contributed by atoms with Gasteiger partial charge in [0.15, 0.2) is 0 Å². The van der Waals surface area contributed by atoms with Crippen LogP contribution in [-0.4, -0.2) is 6.26 Å². The lowest BCUT2D eigenvalue weighted by molar-refractivity contribution is 0.480. The van der Waals surface area contributed by atoms with Crippen molar-refractivity contribution in [2.75, 3.05) is 6.26 Å². The molecule has 1 aromatic carbocycles. The summed E-state index contributed by atoms with van der Waals surface area (Å²) in [7, 11) is 0. The monoisotopic (exact) mass is 233 g/mol. The number of hydrogen-bond donors (Lipinski definition) is 1. The summed E-state index contributed by atoms with van der Waals surface area (Å²) in [5, 5.41) is 3.35. The van der Waals surface area contributed by atoms with E-state index in [-0.39, 0.29) is 0 Å². The van der Waals surface area contributed by atoms with Gasteiger partial charge in [-0.25, -0.2) is 0 Å². The summed E-state index contributed by atoms with van der Waals surface area (Å²) in [5.74, 6) is 0.986. The zero-order valence-corrected chi connectivity index (χ0v) is 10.1. The van der Waals surface area contributed by atoms with Crippen molar-refractivity contribution in [3.05, 3.63) is 54.0 Å². The first-order chi connectivity index (χ1) is 7.88.